The summed E-state index contributed by atoms with van der Waals surface area (Å²) in [5, 5.41) is 9.11. The predicted molar refractivity (Wildman–Crippen MR) is 64.4 cm³/mol. The summed E-state index contributed by atoms with van der Waals surface area (Å²) >= 11 is 3.27. The van der Waals surface area contributed by atoms with Crippen LogP contribution >= 0.6 is 15.9 Å². The molecule has 6 heteroatoms. The van der Waals surface area contributed by atoms with Gasteiger partial charge in [-0.1, -0.05) is 6.07 Å². The number of carbonyl (C=O) groups is 2. The Morgan fingerprint density at radius 3 is 2.88 bits per heavy atom. The van der Waals surface area contributed by atoms with Crippen LogP contribution in [0.25, 0.3) is 0 Å². The first-order chi connectivity index (χ1) is 8.11. The van der Waals surface area contributed by atoms with Crippen molar-refractivity contribution in [3.05, 3.63) is 28.2 Å². The highest BCUT2D eigenvalue weighted by Gasteiger charge is 2.27. The topological polar surface area (TPSA) is 66.8 Å². The predicted octanol–water partition coefficient (Wildman–Crippen LogP) is 2.49. The fourth-order valence-electron chi connectivity index (χ4n) is 1.72. The van der Waals surface area contributed by atoms with Crippen molar-refractivity contribution in [2.75, 3.05) is 18.1 Å². The van der Waals surface area contributed by atoms with Crippen LogP contribution < -0.4 is 4.90 Å². The molecule has 90 valence electrons. The molecular weight excluding hydrogens is 290 g/mol. The number of hydrogen-bond donors (Lipinski definition) is 1. The van der Waals surface area contributed by atoms with E-state index < -0.39 is 12.1 Å². The van der Waals surface area contributed by atoms with Gasteiger partial charge in [0, 0.05) is 11.0 Å². The molecule has 17 heavy (non-hydrogen) atoms. The van der Waals surface area contributed by atoms with Crippen LogP contribution in [-0.2, 0) is 4.74 Å². The SMILES string of the molecule is O=C(O)c1cccc(Br)c1N1CCCOC1=O. The molecule has 1 amide bonds. The maximum absolute atomic E-state index is 11.6. The number of carboxylic acid groups (broad SMARTS) is 1. The average Bonchev–Trinajstić information content (AvgIpc) is 2.30. The van der Waals surface area contributed by atoms with Crippen LogP contribution in [0, 0.1) is 0 Å². The van der Waals surface area contributed by atoms with Crippen LogP contribution in [0.5, 0.6) is 0 Å². The minimum atomic E-state index is -1.07. The lowest BCUT2D eigenvalue weighted by molar-refractivity contribution is 0.0697. The smallest absolute Gasteiger partial charge is 0.414 e. The largest absolute Gasteiger partial charge is 0.478 e. The van der Waals surface area contributed by atoms with Crippen LogP contribution in [0.3, 0.4) is 0 Å². The fraction of sp³-hybridized carbons (Fsp3) is 0.273. The van der Waals surface area contributed by atoms with E-state index in [2.05, 4.69) is 15.9 Å². The molecule has 1 aromatic rings. The number of cyclic esters (lactones) is 1. The Morgan fingerprint density at radius 2 is 2.24 bits per heavy atom. The lowest BCUT2D eigenvalue weighted by Crippen LogP contribution is -2.38. The lowest BCUT2D eigenvalue weighted by Gasteiger charge is -2.28. The maximum Gasteiger partial charge on any atom is 0.414 e. The molecule has 0 radical (unpaired) electrons. The number of aromatic carboxylic acids is 1. The van der Waals surface area contributed by atoms with Gasteiger partial charge < -0.3 is 9.84 Å². The third kappa shape index (κ3) is 2.26. The number of nitrogens with zero attached hydrogens (tertiary/aromatic N) is 1. The molecule has 0 atom stereocenters. The molecule has 1 aromatic carbocycles. The first kappa shape index (κ1) is 11.9. The van der Waals surface area contributed by atoms with Gasteiger partial charge in [-0.2, -0.15) is 0 Å². The summed E-state index contributed by atoms with van der Waals surface area (Å²) in [6.07, 6.45) is 0.178. The molecule has 1 saturated heterocycles. The standard InChI is InChI=1S/C11H10BrNO4/c12-8-4-1-3-7(10(14)15)9(8)13-5-2-6-17-11(13)16/h1,3-4H,2,5-6H2,(H,14,15). The Labute approximate surface area is 106 Å². The Bertz CT molecular complexity index is 475. The third-order valence-corrected chi connectivity index (χ3v) is 3.10. The monoisotopic (exact) mass is 299 g/mol. The summed E-state index contributed by atoms with van der Waals surface area (Å²) < 4.78 is 5.47. The first-order valence-corrected chi connectivity index (χ1v) is 5.86. The number of rotatable bonds is 2. The molecule has 1 fully saturated rings. The highest BCUT2D eigenvalue weighted by atomic mass is 79.9. The average molecular weight is 300 g/mol. The highest BCUT2D eigenvalue weighted by molar-refractivity contribution is 9.10. The van der Waals surface area contributed by atoms with Gasteiger partial charge >= 0.3 is 12.1 Å². The number of ether oxygens (including phenoxy) is 1. The summed E-state index contributed by atoms with van der Waals surface area (Å²) in [4.78, 5) is 24.1. The minimum Gasteiger partial charge on any atom is -0.478 e. The zero-order valence-corrected chi connectivity index (χ0v) is 10.4. The molecular formula is C11H10BrNO4. The van der Waals surface area contributed by atoms with Crippen molar-refractivity contribution in [1.29, 1.82) is 0 Å². The number of anilines is 1. The molecule has 1 N–H and O–H groups in total. The molecule has 5 nitrogen and oxygen atoms in total. The van der Waals surface area contributed by atoms with E-state index in [1.807, 2.05) is 0 Å². The van der Waals surface area contributed by atoms with Crippen LogP contribution in [-0.4, -0.2) is 30.3 Å². The second kappa shape index (κ2) is 4.75. The number of hydrogen-bond acceptors (Lipinski definition) is 3. The summed E-state index contributed by atoms with van der Waals surface area (Å²) in [5.74, 6) is -1.07. The van der Waals surface area contributed by atoms with Gasteiger partial charge in [0.25, 0.3) is 0 Å². The van der Waals surface area contributed by atoms with E-state index in [1.165, 1.54) is 11.0 Å². The van der Waals surface area contributed by atoms with Crippen molar-refractivity contribution in [3.63, 3.8) is 0 Å². The molecule has 0 spiro atoms. The summed E-state index contributed by atoms with van der Waals surface area (Å²) in [6, 6.07) is 4.78. The molecule has 0 unspecified atom stereocenters. The van der Waals surface area contributed by atoms with Crippen LogP contribution in [0.4, 0.5) is 10.5 Å². The molecule has 0 saturated carbocycles. The van der Waals surface area contributed by atoms with Crippen molar-refractivity contribution >= 4 is 33.7 Å². The zero-order valence-electron chi connectivity index (χ0n) is 8.85. The van der Waals surface area contributed by atoms with Gasteiger partial charge in [0.15, 0.2) is 0 Å². The molecule has 1 aliphatic rings. The van der Waals surface area contributed by atoms with Crippen LogP contribution in [0.1, 0.15) is 16.8 Å². The van der Waals surface area contributed by atoms with E-state index in [4.69, 9.17) is 9.84 Å². The van der Waals surface area contributed by atoms with Gasteiger partial charge in [-0.25, -0.2) is 9.59 Å². The Kier molecular flexibility index (Phi) is 3.33. The molecule has 1 heterocycles. The third-order valence-electron chi connectivity index (χ3n) is 2.46. The van der Waals surface area contributed by atoms with Gasteiger partial charge in [-0.05, 0) is 34.5 Å². The highest BCUT2D eigenvalue weighted by Crippen LogP contribution is 2.32. The number of carboxylic acids is 1. The summed E-state index contributed by atoms with van der Waals surface area (Å²) in [6.45, 7) is 0.837. The van der Waals surface area contributed by atoms with Gasteiger partial charge in [0.05, 0.1) is 17.9 Å². The zero-order chi connectivity index (χ0) is 12.4. The minimum absolute atomic E-state index is 0.0817. The number of benzene rings is 1. The maximum atomic E-state index is 11.6. The molecule has 0 aliphatic carbocycles. The second-order valence-corrected chi connectivity index (χ2v) is 4.42. The van der Waals surface area contributed by atoms with E-state index in [0.717, 1.165) is 0 Å². The van der Waals surface area contributed by atoms with Gasteiger partial charge in [0.1, 0.15) is 0 Å². The number of para-hydroxylation sites is 1. The van der Waals surface area contributed by atoms with Crippen LogP contribution in [0.2, 0.25) is 0 Å². The lowest BCUT2D eigenvalue weighted by atomic mass is 10.1. The molecule has 2 rings (SSSR count). The molecule has 1 aliphatic heterocycles. The van der Waals surface area contributed by atoms with Crippen molar-refractivity contribution in [1.82, 2.24) is 0 Å². The van der Waals surface area contributed by atoms with E-state index in [9.17, 15) is 9.59 Å². The number of amides is 1. The van der Waals surface area contributed by atoms with Gasteiger partial charge in [-0.15, -0.1) is 0 Å². The molecule has 0 aromatic heterocycles. The van der Waals surface area contributed by atoms with E-state index >= 15 is 0 Å². The Balaban J connectivity index is 2.49. The summed E-state index contributed by atoms with van der Waals surface area (Å²) in [7, 11) is 0. The normalized spacial score (nSPS) is 15.6. The number of halogens is 1. The van der Waals surface area contributed by atoms with Gasteiger partial charge in [0.2, 0.25) is 0 Å². The number of carbonyl (C=O) groups excluding carboxylic acids is 1. The second-order valence-electron chi connectivity index (χ2n) is 3.56. The van der Waals surface area contributed by atoms with Crippen molar-refractivity contribution in [2.24, 2.45) is 0 Å². The van der Waals surface area contributed by atoms with Crippen molar-refractivity contribution in [2.45, 2.75) is 6.42 Å². The van der Waals surface area contributed by atoms with E-state index in [-0.39, 0.29) is 5.56 Å². The van der Waals surface area contributed by atoms with E-state index in [1.54, 1.807) is 12.1 Å². The quantitative estimate of drug-likeness (QED) is 0.911. The summed E-state index contributed by atoms with van der Waals surface area (Å²) in [5.41, 5.74) is 0.433. The van der Waals surface area contributed by atoms with Crippen molar-refractivity contribution in [3.8, 4) is 0 Å². The van der Waals surface area contributed by atoms with Crippen molar-refractivity contribution < 1.29 is 19.4 Å². The fourth-order valence-corrected chi connectivity index (χ4v) is 2.30. The molecule has 0 bridgehead atoms. The first-order valence-electron chi connectivity index (χ1n) is 5.07. The Hall–Kier alpha value is -1.56. The van der Waals surface area contributed by atoms with E-state index in [0.29, 0.717) is 29.7 Å². The Morgan fingerprint density at radius 1 is 1.47 bits per heavy atom. The van der Waals surface area contributed by atoms with Gasteiger partial charge in [-0.3, -0.25) is 4.90 Å². The van der Waals surface area contributed by atoms with Crippen LogP contribution in [0.15, 0.2) is 22.7 Å².